The smallest absolute Gasteiger partial charge is 0.251 e. The zero-order chi connectivity index (χ0) is 15.2. The molecule has 108 valence electrons. The van der Waals surface area contributed by atoms with Crippen molar-refractivity contribution in [1.29, 1.82) is 0 Å². The lowest BCUT2D eigenvalue weighted by atomic mass is 10.0. The number of nitrogens with one attached hydrogen (secondary N) is 1. The van der Waals surface area contributed by atoms with E-state index in [9.17, 15) is 4.79 Å². The first-order valence-corrected chi connectivity index (χ1v) is 7.41. The Balaban J connectivity index is 2.10. The summed E-state index contributed by atoms with van der Waals surface area (Å²) in [6.07, 6.45) is 1.79. The van der Waals surface area contributed by atoms with Crippen molar-refractivity contribution in [2.75, 3.05) is 6.54 Å². The molecule has 1 heterocycles. The first kappa shape index (κ1) is 15.2. The van der Waals surface area contributed by atoms with Gasteiger partial charge in [0.2, 0.25) is 0 Å². The lowest BCUT2D eigenvalue weighted by molar-refractivity contribution is 0.0950. The molecule has 0 spiro atoms. The van der Waals surface area contributed by atoms with Crippen LogP contribution in [0.5, 0.6) is 0 Å². The average molecular weight is 299 g/mol. The highest BCUT2D eigenvalue weighted by atomic mass is 32.1. The van der Waals surface area contributed by atoms with Gasteiger partial charge in [0.05, 0.1) is 18.1 Å². The summed E-state index contributed by atoms with van der Waals surface area (Å²) in [6.45, 7) is 4.65. The van der Waals surface area contributed by atoms with E-state index in [0.29, 0.717) is 18.7 Å². The van der Waals surface area contributed by atoms with Gasteiger partial charge < -0.3 is 11.1 Å². The number of hydrogen-bond donors (Lipinski definition) is 2. The first-order chi connectivity index (χ1) is 10.1. The Labute approximate surface area is 128 Å². The van der Waals surface area contributed by atoms with Gasteiger partial charge in [0.15, 0.2) is 0 Å². The van der Waals surface area contributed by atoms with Gasteiger partial charge in [-0.25, -0.2) is 4.98 Å². The maximum atomic E-state index is 12.3. The molecule has 0 aliphatic heterocycles. The second-order valence-corrected chi connectivity index (χ2v) is 5.88. The number of hydrogen-bond acceptors (Lipinski definition) is 4. The maximum Gasteiger partial charge on any atom is 0.251 e. The van der Waals surface area contributed by atoms with E-state index in [2.05, 4.69) is 22.1 Å². The molecule has 1 amide bonds. The Morgan fingerprint density at radius 2 is 2.24 bits per heavy atom. The number of aryl methyl sites for hydroxylation is 2. The topological polar surface area (TPSA) is 68.0 Å². The van der Waals surface area contributed by atoms with Gasteiger partial charge in [0.25, 0.3) is 5.91 Å². The maximum absolute atomic E-state index is 12.3. The molecule has 5 heteroatoms. The molecule has 0 fully saturated rings. The summed E-state index contributed by atoms with van der Waals surface area (Å²) in [5.74, 6) is 5.63. The lowest BCUT2D eigenvalue weighted by Gasteiger charge is -2.07. The summed E-state index contributed by atoms with van der Waals surface area (Å²) in [5, 5.41) is 3.91. The first-order valence-electron chi connectivity index (χ1n) is 6.59. The van der Waals surface area contributed by atoms with E-state index >= 15 is 0 Å². The molecule has 2 aromatic rings. The molecule has 0 unspecified atom stereocenters. The van der Waals surface area contributed by atoms with Crippen LogP contribution in [0.2, 0.25) is 0 Å². The molecular weight excluding hydrogens is 282 g/mol. The normalized spacial score (nSPS) is 9.86. The Kier molecular flexibility index (Phi) is 5.09. The number of thiazole rings is 1. The van der Waals surface area contributed by atoms with Gasteiger partial charge in [-0.05, 0) is 31.5 Å². The van der Waals surface area contributed by atoms with E-state index in [1.165, 1.54) is 0 Å². The number of aromatic nitrogens is 1. The number of nitrogens with zero attached hydrogens (tertiary/aromatic N) is 1. The van der Waals surface area contributed by atoms with Crippen LogP contribution >= 0.6 is 11.3 Å². The molecule has 1 aromatic carbocycles. The van der Waals surface area contributed by atoms with Crippen LogP contribution in [0.3, 0.4) is 0 Å². The summed E-state index contributed by atoms with van der Waals surface area (Å²) >= 11 is 1.58. The van der Waals surface area contributed by atoms with Crippen LogP contribution in [0.4, 0.5) is 0 Å². The van der Waals surface area contributed by atoms with Crippen molar-refractivity contribution in [3.05, 3.63) is 51.0 Å². The Bertz CT molecular complexity index is 710. The third kappa shape index (κ3) is 4.15. The van der Waals surface area contributed by atoms with E-state index < -0.39 is 0 Å². The van der Waals surface area contributed by atoms with Crippen molar-refractivity contribution in [2.45, 2.75) is 20.4 Å². The van der Waals surface area contributed by atoms with Gasteiger partial charge in [0, 0.05) is 22.2 Å². The van der Waals surface area contributed by atoms with Crippen LogP contribution in [-0.4, -0.2) is 17.4 Å². The zero-order valence-electron chi connectivity index (χ0n) is 12.1. The van der Waals surface area contributed by atoms with Gasteiger partial charge in [-0.15, -0.1) is 11.3 Å². The largest absolute Gasteiger partial charge is 0.347 e. The number of nitrogens with two attached hydrogens (primary N) is 1. The fourth-order valence-electron chi connectivity index (χ4n) is 1.85. The highest BCUT2D eigenvalue weighted by Gasteiger charge is 2.10. The van der Waals surface area contributed by atoms with Crippen molar-refractivity contribution in [2.24, 2.45) is 5.73 Å². The van der Waals surface area contributed by atoms with E-state index in [0.717, 1.165) is 21.0 Å². The van der Waals surface area contributed by atoms with Crippen molar-refractivity contribution in [1.82, 2.24) is 10.3 Å². The number of carbonyl (C=O) groups excluding carboxylic acids is 1. The number of benzene rings is 1. The number of amides is 1. The quantitative estimate of drug-likeness (QED) is 0.852. The molecule has 1 aromatic heterocycles. The van der Waals surface area contributed by atoms with E-state index in [1.54, 1.807) is 23.6 Å². The minimum absolute atomic E-state index is 0.102. The second-order valence-electron chi connectivity index (χ2n) is 4.56. The van der Waals surface area contributed by atoms with E-state index in [-0.39, 0.29) is 5.91 Å². The molecule has 0 aliphatic rings. The van der Waals surface area contributed by atoms with Gasteiger partial charge in [-0.3, -0.25) is 4.79 Å². The van der Waals surface area contributed by atoms with Crippen molar-refractivity contribution < 1.29 is 4.79 Å². The predicted molar refractivity (Wildman–Crippen MR) is 85.1 cm³/mol. The minimum Gasteiger partial charge on any atom is -0.347 e. The molecule has 4 nitrogen and oxygen atoms in total. The van der Waals surface area contributed by atoms with Crippen LogP contribution in [-0.2, 0) is 6.54 Å². The zero-order valence-corrected chi connectivity index (χ0v) is 12.9. The third-order valence-corrected chi connectivity index (χ3v) is 3.82. The van der Waals surface area contributed by atoms with E-state index in [1.807, 2.05) is 26.0 Å². The number of carbonyl (C=O) groups is 1. The lowest BCUT2D eigenvalue weighted by Crippen LogP contribution is -2.23. The summed E-state index contributed by atoms with van der Waals surface area (Å²) in [5.41, 5.74) is 7.72. The summed E-state index contributed by atoms with van der Waals surface area (Å²) in [4.78, 5) is 17.5. The predicted octanol–water partition coefficient (Wildman–Crippen LogP) is 2.00. The van der Waals surface area contributed by atoms with Crippen LogP contribution in [0, 0.1) is 25.7 Å². The average Bonchev–Trinajstić information content (AvgIpc) is 2.89. The Morgan fingerprint density at radius 3 is 2.90 bits per heavy atom. The minimum atomic E-state index is -0.102. The molecule has 3 N–H and O–H groups in total. The van der Waals surface area contributed by atoms with Gasteiger partial charge in [0.1, 0.15) is 0 Å². The molecule has 0 aliphatic carbocycles. The van der Waals surface area contributed by atoms with Crippen molar-refractivity contribution >= 4 is 17.2 Å². The standard InChI is InChI=1S/C16H17N3OS/c1-11-5-6-13(4-3-7-17)8-15(11)16(20)19-10-14-9-18-12(2)21-14/h5-6,8-9H,7,10,17H2,1-2H3,(H,19,20). The fourth-order valence-corrected chi connectivity index (χ4v) is 2.58. The Morgan fingerprint density at radius 1 is 1.43 bits per heavy atom. The molecule has 0 bridgehead atoms. The van der Waals surface area contributed by atoms with Gasteiger partial charge in [-0.2, -0.15) is 0 Å². The highest BCUT2D eigenvalue weighted by molar-refractivity contribution is 7.11. The SMILES string of the molecule is Cc1ncc(CNC(=O)c2cc(C#CCN)ccc2C)s1. The van der Waals surface area contributed by atoms with Crippen LogP contribution < -0.4 is 11.1 Å². The summed E-state index contributed by atoms with van der Waals surface area (Å²) in [6, 6.07) is 5.58. The molecular formula is C16H17N3OS. The molecule has 0 saturated carbocycles. The highest BCUT2D eigenvalue weighted by Crippen LogP contribution is 2.13. The Hall–Kier alpha value is -2.16. The van der Waals surface area contributed by atoms with Crippen LogP contribution in [0.25, 0.3) is 0 Å². The van der Waals surface area contributed by atoms with Crippen molar-refractivity contribution in [3.63, 3.8) is 0 Å². The molecule has 0 radical (unpaired) electrons. The number of rotatable bonds is 3. The van der Waals surface area contributed by atoms with Gasteiger partial charge >= 0.3 is 0 Å². The van der Waals surface area contributed by atoms with Crippen LogP contribution in [0.1, 0.15) is 31.4 Å². The summed E-state index contributed by atoms with van der Waals surface area (Å²) < 4.78 is 0. The molecule has 0 atom stereocenters. The third-order valence-electron chi connectivity index (χ3n) is 2.91. The molecule has 2 rings (SSSR count). The summed E-state index contributed by atoms with van der Waals surface area (Å²) in [7, 11) is 0. The van der Waals surface area contributed by atoms with Gasteiger partial charge in [-0.1, -0.05) is 17.9 Å². The molecule has 0 saturated heterocycles. The molecule has 21 heavy (non-hydrogen) atoms. The fraction of sp³-hybridized carbons (Fsp3) is 0.250. The van der Waals surface area contributed by atoms with Crippen molar-refractivity contribution in [3.8, 4) is 11.8 Å². The second kappa shape index (κ2) is 7.02. The monoisotopic (exact) mass is 299 g/mol. The van der Waals surface area contributed by atoms with E-state index in [4.69, 9.17) is 5.73 Å². The van der Waals surface area contributed by atoms with Crippen LogP contribution in [0.15, 0.2) is 24.4 Å².